The Morgan fingerprint density at radius 1 is 0.698 bits per heavy atom. The summed E-state index contributed by atoms with van der Waals surface area (Å²) in [5.41, 5.74) is 7.41. The van der Waals surface area contributed by atoms with E-state index in [1.165, 1.54) is 5.56 Å². The molecule has 9 heteroatoms. The summed E-state index contributed by atoms with van der Waals surface area (Å²) >= 11 is 0. The first-order valence-electron chi connectivity index (χ1n) is 19.1. The molecule has 2 aliphatic heterocycles. The molecule has 0 aliphatic carbocycles. The molecule has 9 nitrogen and oxygen atoms in total. The van der Waals surface area contributed by atoms with Gasteiger partial charge in [-0.3, -0.25) is 19.4 Å². The third kappa shape index (κ3) is 11.6. The molecule has 2 saturated heterocycles. The van der Waals surface area contributed by atoms with Crippen molar-refractivity contribution in [3.63, 3.8) is 0 Å². The molecule has 0 spiro atoms. The number of aliphatic carboxylic acids is 1. The van der Waals surface area contributed by atoms with Crippen LogP contribution in [-0.2, 0) is 38.8 Å². The van der Waals surface area contributed by atoms with Gasteiger partial charge >= 0.3 is 5.97 Å². The number of rotatable bonds is 17. The zero-order chi connectivity index (χ0) is 36.8. The van der Waals surface area contributed by atoms with E-state index < -0.39 is 12.3 Å². The second kappa shape index (κ2) is 19.6. The van der Waals surface area contributed by atoms with E-state index in [0.29, 0.717) is 19.4 Å². The summed E-state index contributed by atoms with van der Waals surface area (Å²) in [6.45, 7) is 6.30. The van der Waals surface area contributed by atoms with Crippen LogP contribution in [0.4, 0.5) is 0 Å². The molecular weight excluding hydrogens is 666 g/mol. The summed E-state index contributed by atoms with van der Waals surface area (Å²) in [6, 6.07) is 35.2. The van der Waals surface area contributed by atoms with E-state index in [2.05, 4.69) is 87.9 Å². The fraction of sp³-hybridized carbons (Fsp3) is 0.409. The zero-order valence-electron chi connectivity index (χ0n) is 30.6. The Bertz CT molecular complexity index is 1720. The standard InChI is InChI=1S/C44H53N3O6/c48-32-34-16-18-36(19-17-34)41-28-39(31-47-26-24-46(25-27-47)30-33-10-4-3-5-11-33)52-44(53-41)37-22-20-35(21-23-37)40-13-9-8-12-38(40)29-45-42(49)14-6-1-2-7-15-43(50)51/h3-5,8-13,16-23,39,41,44,48H,1-2,6-7,14-15,24-32H2,(H,45,49)(H,50,51)/t39-,41+,44+/m0/s1. The van der Waals surface area contributed by atoms with Crippen LogP contribution in [0.3, 0.4) is 0 Å². The van der Waals surface area contributed by atoms with Crippen molar-refractivity contribution in [2.75, 3.05) is 32.7 Å². The molecule has 0 unspecified atom stereocenters. The van der Waals surface area contributed by atoms with Crippen LogP contribution in [0.1, 0.15) is 85.2 Å². The van der Waals surface area contributed by atoms with E-state index in [0.717, 1.165) is 98.3 Å². The summed E-state index contributed by atoms with van der Waals surface area (Å²) in [6.07, 6.45) is 3.76. The number of benzene rings is 4. The lowest BCUT2D eigenvalue weighted by Crippen LogP contribution is -2.49. The van der Waals surface area contributed by atoms with Gasteiger partial charge < -0.3 is 25.0 Å². The molecule has 2 heterocycles. The lowest BCUT2D eigenvalue weighted by Gasteiger charge is -2.40. The SMILES string of the molecule is O=C(O)CCCCCCC(=O)NCc1ccccc1-c1ccc([C@@H]2O[C@H](CN3CCN(Cc4ccccc4)CC3)C[C@H](c3ccc(CO)cc3)O2)cc1. The molecule has 3 atom stereocenters. The van der Waals surface area contributed by atoms with Gasteiger partial charge in [0.2, 0.25) is 5.91 Å². The smallest absolute Gasteiger partial charge is 0.303 e. The van der Waals surface area contributed by atoms with Crippen molar-refractivity contribution in [2.24, 2.45) is 0 Å². The van der Waals surface area contributed by atoms with E-state index in [4.69, 9.17) is 14.6 Å². The van der Waals surface area contributed by atoms with E-state index in [1.807, 2.05) is 30.3 Å². The van der Waals surface area contributed by atoms with Crippen LogP contribution in [0.25, 0.3) is 11.1 Å². The maximum absolute atomic E-state index is 12.6. The number of carboxylic acid groups (broad SMARTS) is 1. The number of amides is 1. The number of aliphatic hydroxyl groups is 1. The number of carbonyl (C=O) groups is 2. The fourth-order valence-corrected chi connectivity index (χ4v) is 7.27. The van der Waals surface area contributed by atoms with Gasteiger partial charge in [-0.05, 0) is 46.2 Å². The number of hydrogen-bond acceptors (Lipinski definition) is 7. The van der Waals surface area contributed by atoms with Crippen molar-refractivity contribution >= 4 is 11.9 Å². The Morgan fingerprint density at radius 2 is 1.36 bits per heavy atom. The third-order valence-corrected chi connectivity index (χ3v) is 10.3. The fourth-order valence-electron chi connectivity index (χ4n) is 7.27. The molecule has 4 aromatic carbocycles. The number of nitrogens with zero attached hydrogens (tertiary/aromatic N) is 2. The largest absolute Gasteiger partial charge is 0.481 e. The highest BCUT2D eigenvalue weighted by Gasteiger charge is 2.34. The maximum atomic E-state index is 12.6. The number of piperazine rings is 1. The van der Waals surface area contributed by atoms with Crippen molar-refractivity contribution in [3.05, 3.63) is 131 Å². The molecule has 0 radical (unpaired) electrons. The lowest BCUT2D eigenvalue weighted by atomic mass is 9.97. The number of carbonyl (C=O) groups excluding carboxylic acids is 1. The van der Waals surface area contributed by atoms with Crippen LogP contribution in [0.2, 0.25) is 0 Å². The summed E-state index contributed by atoms with van der Waals surface area (Å²) in [5, 5.41) is 21.5. The van der Waals surface area contributed by atoms with Crippen LogP contribution in [0.15, 0.2) is 103 Å². The number of nitrogens with one attached hydrogen (secondary N) is 1. The molecule has 0 bridgehead atoms. The van der Waals surface area contributed by atoms with Gasteiger partial charge in [-0.15, -0.1) is 0 Å². The molecule has 3 N–H and O–H groups in total. The first-order chi connectivity index (χ1) is 25.9. The maximum Gasteiger partial charge on any atom is 0.303 e. The quantitative estimate of drug-likeness (QED) is 0.0980. The highest BCUT2D eigenvalue weighted by molar-refractivity contribution is 5.76. The van der Waals surface area contributed by atoms with Crippen molar-refractivity contribution in [3.8, 4) is 11.1 Å². The van der Waals surface area contributed by atoms with Crippen LogP contribution in [0, 0.1) is 0 Å². The molecule has 2 aliphatic rings. The van der Waals surface area contributed by atoms with Crippen LogP contribution in [0.5, 0.6) is 0 Å². The van der Waals surface area contributed by atoms with Gasteiger partial charge in [0, 0.05) is 70.6 Å². The van der Waals surface area contributed by atoms with Gasteiger partial charge in [0.15, 0.2) is 6.29 Å². The summed E-state index contributed by atoms with van der Waals surface area (Å²) in [7, 11) is 0. The number of aliphatic hydroxyl groups excluding tert-OH is 1. The molecule has 280 valence electrons. The van der Waals surface area contributed by atoms with E-state index in [1.54, 1.807) is 0 Å². The molecular formula is C44H53N3O6. The van der Waals surface area contributed by atoms with E-state index in [-0.39, 0.29) is 31.1 Å². The van der Waals surface area contributed by atoms with E-state index >= 15 is 0 Å². The Balaban J connectivity index is 1.07. The number of hydrogen-bond donors (Lipinski definition) is 3. The lowest BCUT2D eigenvalue weighted by molar-refractivity contribution is -0.253. The topological polar surface area (TPSA) is 112 Å². The Kier molecular flexibility index (Phi) is 14.2. The number of ether oxygens (including phenoxy) is 2. The molecule has 0 saturated carbocycles. The molecule has 4 aromatic rings. The average Bonchev–Trinajstić information content (AvgIpc) is 3.19. The predicted octanol–water partition coefficient (Wildman–Crippen LogP) is 7.25. The van der Waals surface area contributed by atoms with Gasteiger partial charge in [0.1, 0.15) is 0 Å². The molecule has 1 amide bonds. The number of carboxylic acids is 1. The minimum absolute atomic E-state index is 0.00385. The van der Waals surface area contributed by atoms with Crippen LogP contribution >= 0.6 is 0 Å². The first-order valence-corrected chi connectivity index (χ1v) is 19.1. The van der Waals surface area contributed by atoms with Gasteiger partial charge in [-0.2, -0.15) is 0 Å². The van der Waals surface area contributed by atoms with Gasteiger partial charge in [0.05, 0.1) is 18.8 Å². The minimum Gasteiger partial charge on any atom is -0.481 e. The van der Waals surface area contributed by atoms with Crippen molar-refractivity contribution in [1.82, 2.24) is 15.1 Å². The number of unbranched alkanes of at least 4 members (excludes halogenated alkanes) is 3. The van der Waals surface area contributed by atoms with Crippen molar-refractivity contribution in [2.45, 2.75) is 83.1 Å². The van der Waals surface area contributed by atoms with Gasteiger partial charge in [-0.1, -0.05) is 116 Å². The van der Waals surface area contributed by atoms with Crippen molar-refractivity contribution in [1.29, 1.82) is 0 Å². The second-order valence-corrected chi connectivity index (χ2v) is 14.3. The zero-order valence-corrected chi connectivity index (χ0v) is 30.6. The summed E-state index contributed by atoms with van der Waals surface area (Å²) < 4.78 is 13.4. The van der Waals surface area contributed by atoms with Crippen LogP contribution < -0.4 is 5.32 Å². The third-order valence-electron chi connectivity index (χ3n) is 10.3. The molecule has 2 fully saturated rings. The molecule has 6 rings (SSSR count). The van der Waals surface area contributed by atoms with Crippen LogP contribution in [-0.4, -0.2) is 70.7 Å². The first kappa shape index (κ1) is 38.3. The Morgan fingerprint density at radius 3 is 2.08 bits per heavy atom. The Labute approximate surface area is 313 Å². The summed E-state index contributed by atoms with van der Waals surface area (Å²) in [4.78, 5) is 28.3. The minimum atomic E-state index is -0.772. The highest BCUT2D eigenvalue weighted by atomic mass is 16.7. The second-order valence-electron chi connectivity index (χ2n) is 14.3. The Hall–Kier alpha value is -4.38. The van der Waals surface area contributed by atoms with Gasteiger partial charge in [-0.25, -0.2) is 0 Å². The van der Waals surface area contributed by atoms with E-state index in [9.17, 15) is 14.7 Å². The average molecular weight is 720 g/mol. The van der Waals surface area contributed by atoms with Gasteiger partial charge in [0.25, 0.3) is 0 Å². The van der Waals surface area contributed by atoms with Crippen molar-refractivity contribution < 1.29 is 29.3 Å². The highest BCUT2D eigenvalue weighted by Crippen LogP contribution is 2.39. The molecule has 53 heavy (non-hydrogen) atoms. The normalized spacial score (nSPS) is 19.5. The monoisotopic (exact) mass is 719 g/mol. The predicted molar refractivity (Wildman–Crippen MR) is 206 cm³/mol. The molecule has 0 aromatic heterocycles. The summed E-state index contributed by atoms with van der Waals surface area (Å²) in [5.74, 6) is -0.769.